The third-order valence-corrected chi connectivity index (χ3v) is 5.54. The van der Waals surface area contributed by atoms with E-state index in [2.05, 4.69) is 10.6 Å². The van der Waals surface area contributed by atoms with Crippen LogP contribution < -0.4 is 24.8 Å². The molecule has 0 unspecified atom stereocenters. The molecule has 0 saturated heterocycles. The van der Waals surface area contributed by atoms with Crippen LogP contribution in [0.3, 0.4) is 0 Å². The molecule has 0 atom stereocenters. The Morgan fingerprint density at radius 3 is 1.94 bits per heavy atom. The lowest BCUT2D eigenvalue weighted by molar-refractivity contribution is 0.252. The zero-order valence-corrected chi connectivity index (χ0v) is 20.3. The van der Waals surface area contributed by atoms with Crippen LogP contribution in [0.25, 0.3) is 0 Å². The van der Waals surface area contributed by atoms with E-state index in [1.165, 1.54) is 0 Å². The van der Waals surface area contributed by atoms with Gasteiger partial charge in [-0.1, -0.05) is 78.9 Å². The number of benzene rings is 4. The van der Waals surface area contributed by atoms with Crippen molar-refractivity contribution < 1.29 is 19.0 Å². The van der Waals surface area contributed by atoms with E-state index in [9.17, 15) is 4.79 Å². The number of hydrogen-bond donors (Lipinski definition) is 2. The summed E-state index contributed by atoms with van der Waals surface area (Å²) in [6.45, 7) is 1.35. The van der Waals surface area contributed by atoms with E-state index in [0.717, 1.165) is 16.7 Å². The number of hydrogen-bond acceptors (Lipinski definition) is 4. The molecule has 0 aliphatic carbocycles. The third kappa shape index (κ3) is 7.27. The molecule has 184 valence electrons. The molecule has 0 aromatic heterocycles. The Morgan fingerprint density at radius 2 is 1.28 bits per heavy atom. The number of anilines is 1. The summed E-state index contributed by atoms with van der Waals surface area (Å²) in [5.41, 5.74) is 3.81. The molecule has 4 rings (SSSR count). The van der Waals surface area contributed by atoms with Crippen LogP contribution in [0.1, 0.15) is 16.7 Å². The van der Waals surface area contributed by atoms with Crippen LogP contribution in [0.5, 0.6) is 17.2 Å². The molecule has 2 N–H and O–H groups in total. The summed E-state index contributed by atoms with van der Waals surface area (Å²) in [6, 6.07) is 32.9. The molecule has 0 saturated carbocycles. The molecule has 0 spiro atoms. The van der Waals surface area contributed by atoms with E-state index in [1.54, 1.807) is 19.2 Å². The second-order valence-electron chi connectivity index (χ2n) is 8.16. The first kappa shape index (κ1) is 24.7. The van der Waals surface area contributed by atoms with Crippen molar-refractivity contribution in [2.24, 2.45) is 0 Å². The van der Waals surface area contributed by atoms with Gasteiger partial charge in [-0.2, -0.15) is 0 Å². The first-order valence-electron chi connectivity index (χ1n) is 11.9. The number of ether oxygens (including phenoxy) is 3. The average Bonchev–Trinajstić information content (AvgIpc) is 2.92. The van der Waals surface area contributed by atoms with Crippen LogP contribution in [0.2, 0.25) is 0 Å². The topological polar surface area (TPSA) is 68.8 Å². The standard InChI is InChI=1S/C30H30N2O4/c1-34-27-15-9-8-14-26(27)32-30(33)31-19-18-23-16-17-28(35-21-24-10-4-2-5-11-24)29(20-23)36-22-25-12-6-3-7-13-25/h2-17,20H,18-19,21-22H2,1H3,(H2,31,32,33). The highest BCUT2D eigenvalue weighted by molar-refractivity contribution is 5.90. The first-order chi connectivity index (χ1) is 17.7. The van der Waals surface area contributed by atoms with E-state index in [0.29, 0.717) is 49.1 Å². The van der Waals surface area contributed by atoms with Crippen LogP contribution >= 0.6 is 0 Å². The maximum atomic E-state index is 12.3. The number of methoxy groups -OCH3 is 1. The van der Waals surface area contributed by atoms with Gasteiger partial charge in [-0.05, 0) is 47.4 Å². The fraction of sp³-hybridized carbons (Fsp3) is 0.167. The van der Waals surface area contributed by atoms with Crippen molar-refractivity contribution in [3.8, 4) is 17.2 Å². The molecular weight excluding hydrogens is 452 g/mol. The smallest absolute Gasteiger partial charge is 0.319 e. The Labute approximate surface area is 211 Å². The van der Waals surface area contributed by atoms with Gasteiger partial charge in [-0.25, -0.2) is 4.79 Å². The van der Waals surface area contributed by atoms with Gasteiger partial charge in [0.2, 0.25) is 0 Å². The maximum absolute atomic E-state index is 12.3. The SMILES string of the molecule is COc1ccccc1NC(=O)NCCc1ccc(OCc2ccccc2)c(OCc2ccccc2)c1. The van der Waals surface area contributed by atoms with E-state index in [1.807, 2.05) is 91.0 Å². The maximum Gasteiger partial charge on any atom is 0.319 e. The fourth-order valence-electron chi connectivity index (χ4n) is 3.65. The Hall–Kier alpha value is -4.45. The lowest BCUT2D eigenvalue weighted by Crippen LogP contribution is -2.30. The van der Waals surface area contributed by atoms with Crippen LogP contribution in [0.4, 0.5) is 10.5 Å². The molecule has 6 heteroatoms. The highest BCUT2D eigenvalue weighted by Gasteiger charge is 2.10. The zero-order valence-electron chi connectivity index (χ0n) is 20.3. The minimum atomic E-state index is -0.289. The Bertz CT molecular complexity index is 1250. The van der Waals surface area contributed by atoms with Gasteiger partial charge in [0.1, 0.15) is 19.0 Å². The second kappa shape index (κ2) is 12.9. The molecule has 0 aliphatic heterocycles. The Kier molecular flexibility index (Phi) is 8.81. The van der Waals surface area contributed by atoms with Crippen LogP contribution in [0.15, 0.2) is 103 Å². The highest BCUT2D eigenvalue weighted by Crippen LogP contribution is 2.30. The van der Waals surface area contributed by atoms with Crippen LogP contribution in [0, 0.1) is 0 Å². The van der Waals surface area contributed by atoms with Gasteiger partial charge >= 0.3 is 6.03 Å². The zero-order chi connectivity index (χ0) is 25.0. The van der Waals surface area contributed by atoms with Crippen molar-refractivity contribution in [2.75, 3.05) is 19.0 Å². The summed E-state index contributed by atoms with van der Waals surface area (Å²) in [5, 5.41) is 5.71. The largest absolute Gasteiger partial charge is 0.495 e. The first-order valence-corrected chi connectivity index (χ1v) is 11.9. The molecule has 4 aromatic rings. The van der Waals surface area contributed by atoms with E-state index >= 15 is 0 Å². The van der Waals surface area contributed by atoms with E-state index in [4.69, 9.17) is 14.2 Å². The van der Waals surface area contributed by atoms with Crippen molar-refractivity contribution >= 4 is 11.7 Å². The monoisotopic (exact) mass is 482 g/mol. The summed E-state index contributed by atoms with van der Waals surface area (Å²) in [5.74, 6) is 1.96. The minimum Gasteiger partial charge on any atom is -0.495 e. The molecule has 4 aromatic carbocycles. The van der Waals surface area contributed by atoms with Gasteiger partial charge in [0.05, 0.1) is 12.8 Å². The van der Waals surface area contributed by atoms with Crippen molar-refractivity contribution in [3.05, 3.63) is 120 Å². The van der Waals surface area contributed by atoms with Gasteiger partial charge in [0, 0.05) is 6.54 Å². The molecular formula is C30H30N2O4. The number of amides is 2. The minimum absolute atomic E-state index is 0.289. The van der Waals surface area contributed by atoms with Crippen LogP contribution in [-0.2, 0) is 19.6 Å². The normalized spacial score (nSPS) is 10.4. The van der Waals surface area contributed by atoms with E-state index < -0.39 is 0 Å². The summed E-state index contributed by atoms with van der Waals surface area (Å²) < 4.78 is 17.5. The molecule has 0 bridgehead atoms. The van der Waals surface area contributed by atoms with Gasteiger partial charge in [0.25, 0.3) is 0 Å². The fourth-order valence-corrected chi connectivity index (χ4v) is 3.65. The molecule has 0 radical (unpaired) electrons. The molecule has 0 heterocycles. The van der Waals surface area contributed by atoms with E-state index in [-0.39, 0.29) is 6.03 Å². The molecule has 0 fully saturated rings. The molecule has 6 nitrogen and oxygen atoms in total. The van der Waals surface area contributed by atoms with Crippen molar-refractivity contribution in [3.63, 3.8) is 0 Å². The number of para-hydroxylation sites is 2. The second-order valence-corrected chi connectivity index (χ2v) is 8.16. The quantitative estimate of drug-likeness (QED) is 0.266. The van der Waals surface area contributed by atoms with Gasteiger partial charge in [0.15, 0.2) is 11.5 Å². The lowest BCUT2D eigenvalue weighted by atomic mass is 10.1. The van der Waals surface area contributed by atoms with Gasteiger partial charge in [-0.15, -0.1) is 0 Å². The lowest BCUT2D eigenvalue weighted by Gasteiger charge is -2.15. The third-order valence-electron chi connectivity index (χ3n) is 5.54. The number of carbonyl (C=O) groups excluding carboxylic acids is 1. The average molecular weight is 483 g/mol. The predicted octanol–water partition coefficient (Wildman–Crippen LogP) is 6.22. The number of rotatable bonds is 11. The summed E-state index contributed by atoms with van der Waals surface area (Å²) in [6.07, 6.45) is 0.639. The predicted molar refractivity (Wildman–Crippen MR) is 142 cm³/mol. The Balaban J connectivity index is 1.37. The Morgan fingerprint density at radius 1 is 0.667 bits per heavy atom. The highest BCUT2D eigenvalue weighted by atomic mass is 16.5. The van der Waals surface area contributed by atoms with Gasteiger partial charge in [-0.3, -0.25) is 0 Å². The van der Waals surface area contributed by atoms with Crippen LogP contribution in [-0.4, -0.2) is 19.7 Å². The van der Waals surface area contributed by atoms with Crippen molar-refractivity contribution in [1.82, 2.24) is 5.32 Å². The summed E-state index contributed by atoms with van der Waals surface area (Å²) >= 11 is 0. The van der Waals surface area contributed by atoms with Gasteiger partial charge < -0.3 is 24.8 Å². The number of urea groups is 1. The summed E-state index contributed by atoms with van der Waals surface area (Å²) in [4.78, 5) is 12.3. The number of nitrogens with one attached hydrogen (secondary N) is 2. The van der Waals surface area contributed by atoms with Crippen molar-refractivity contribution in [1.29, 1.82) is 0 Å². The molecule has 2 amide bonds. The molecule has 36 heavy (non-hydrogen) atoms. The number of carbonyl (C=O) groups is 1. The van der Waals surface area contributed by atoms with Crippen molar-refractivity contribution in [2.45, 2.75) is 19.6 Å². The summed E-state index contributed by atoms with van der Waals surface area (Å²) in [7, 11) is 1.57. The molecule has 0 aliphatic rings.